The average molecular weight is 230 g/mol. The van der Waals surface area contributed by atoms with E-state index in [4.69, 9.17) is 11.1 Å². The van der Waals surface area contributed by atoms with E-state index in [1.54, 1.807) is 29.3 Å². The van der Waals surface area contributed by atoms with E-state index in [2.05, 4.69) is 15.8 Å². The zero-order chi connectivity index (χ0) is 10.4. The van der Waals surface area contributed by atoms with Gasteiger partial charge in [-0.05, 0) is 6.26 Å². The van der Waals surface area contributed by atoms with Crippen molar-refractivity contribution in [2.24, 2.45) is 5.73 Å². The van der Waals surface area contributed by atoms with Crippen molar-refractivity contribution in [3.05, 3.63) is 16.6 Å². The molecule has 0 saturated heterocycles. The number of thiazole rings is 1. The summed E-state index contributed by atoms with van der Waals surface area (Å²) < 4.78 is 0. The Kier molecular flexibility index (Phi) is 4.71. The van der Waals surface area contributed by atoms with Crippen molar-refractivity contribution in [3.63, 3.8) is 0 Å². The van der Waals surface area contributed by atoms with Gasteiger partial charge < -0.3 is 5.73 Å². The molecule has 1 aromatic rings. The zero-order valence-corrected chi connectivity index (χ0v) is 9.36. The third-order valence-corrected chi connectivity index (χ3v) is 3.45. The number of aromatic nitrogens is 1. The molecule has 1 radical (unpaired) electrons. The fourth-order valence-electron chi connectivity index (χ4n) is 0.861. The molecule has 1 rings (SSSR count). The zero-order valence-electron chi connectivity index (χ0n) is 7.73. The maximum atomic E-state index is 6.92. The van der Waals surface area contributed by atoms with Crippen LogP contribution in [0.15, 0.2) is 11.6 Å². The molecular weight excluding hydrogens is 218 g/mol. The third kappa shape index (κ3) is 3.52. The molecule has 0 aliphatic heterocycles. The fraction of sp³-hybridized carbons (Fsp3) is 0.429. The summed E-state index contributed by atoms with van der Waals surface area (Å²) >= 11 is 3.29. The Hall–Kier alpha value is -0.790. The molecule has 1 heterocycles. The SMILES string of the molecule is CSC(C[N]NC(=N)N)c1nccs1. The van der Waals surface area contributed by atoms with Crippen LogP contribution in [0.4, 0.5) is 0 Å². The fourth-order valence-corrected chi connectivity index (χ4v) is 2.41. The highest BCUT2D eigenvalue weighted by atomic mass is 32.2. The van der Waals surface area contributed by atoms with Gasteiger partial charge in [-0.3, -0.25) is 10.8 Å². The lowest BCUT2D eigenvalue weighted by Gasteiger charge is -2.11. The molecule has 0 bridgehead atoms. The molecule has 77 valence electrons. The molecule has 0 amide bonds. The van der Waals surface area contributed by atoms with Crippen molar-refractivity contribution >= 4 is 29.1 Å². The molecule has 0 aliphatic carbocycles. The maximum absolute atomic E-state index is 6.92. The average Bonchev–Trinajstić information content (AvgIpc) is 2.64. The number of nitrogens with one attached hydrogen (secondary N) is 2. The quantitative estimate of drug-likeness (QED) is 0.391. The van der Waals surface area contributed by atoms with E-state index in [-0.39, 0.29) is 11.2 Å². The molecule has 14 heavy (non-hydrogen) atoms. The van der Waals surface area contributed by atoms with Crippen molar-refractivity contribution in [2.45, 2.75) is 5.25 Å². The van der Waals surface area contributed by atoms with E-state index in [1.807, 2.05) is 11.6 Å². The predicted molar refractivity (Wildman–Crippen MR) is 60.4 cm³/mol. The van der Waals surface area contributed by atoms with Gasteiger partial charge in [0.15, 0.2) is 0 Å². The van der Waals surface area contributed by atoms with Crippen molar-refractivity contribution in [1.29, 1.82) is 5.41 Å². The van der Waals surface area contributed by atoms with Crippen LogP contribution in [0.2, 0.25) is 0 Å². The number of rotatable bonds is 5. The van der Waals surface area contributed by atoms with Crippen LogP contribution in [0.1, 0.15) is 10.3 Å². The summed E-state index contributed by atoms with van der Waals surface area (Å²) in [7, 11) is 0. The summed E-state index contributed by atoms with van der Waals surface area (Å²) in [5.41, 5.74) is 11.5. The molecule has 0 aromatic carbocycles. The van der Waals surface area contributed by atoms with E-state index in [0.717, 1.165) is 5.01 Å². The lowest BCUT2D eigenvalue weighted by molar-refractivity contribution is 0.622. The summed E-state index contributed by atoms with van der Waals surface area (Å²) in [6, 6.07) is 0. The lowest BCUT2D eigenvalue weighted by Crippen LogP contribution is -2.37. The largest absolute Gasteiger partial charge is 0.369 e. The Morgan fingerprint density at radius 2 is 2.71 bits per heavy atom. The van der Waals surface area contributed by atoms with Gasteiger partial charge in [-0.1, -0.05) is 0 Å². The predicted octanol–water partition coefficient (Wildman–Crippen LogP) is 0.550. The smallest absolute Gasteiger partial charge is 0.201 e. The van der Waals surface area contributed by atoms with Crippen LogP contribution in [-0.4, -0.2) is 23.7 Å². The molecule has 0 fully saturated rings. The van der Waals surface area contributed by atoms with Gasteiger partial charge in [-0.2, -0.15) is 11.8 Å². The summed E-state index contributed by atoms with van der Waals surface area (Å²) in [4.78, 5) is 4.21. The van der Waals surface area contributed by atoms with Gasteiger partial charge >= 0.3 is 0 Å². The highest BCUT2D eigenvalue weighted by Crippen LogP contribution is 2.27. The third-order valence-electron chi connectivity index (χ3n) is 1.47. The van der Waals surface area contributed by atoms with Crippen LogP contribution in [0.25, 0.3) is 0 Å². The first-order valence-electron chi connectivity index (χ1n) is 3.92. The monoisotopic (exact) mass is 230 g/mol. The van der Waals surface area contributed by atoms with Gasteiger partial charge in [-0.25, -0.2) is 4.98 Å². The summed E-state index contributed by atoms with van der Waals surface area (Å²) in [5.74, 6) is -0.135. The second-order valence-corrected chi connectivity index (χ2v) is 4.43. The van der Waals surface area contributed by atoms with Crippen LogP contribution in [0, 0.1) is 5.41 Å². The Bertz CT molecular complexity index is 274. The van der Waals surface area contributed by atoms with Crippen LogP contribution in [-0.2, 0) is 0 Å². The van der Waals surface area contributed by atoms with Crippen LogP contribution in [0.5, 0.6) is 0 Å². The molecular formula is C7H12N5S2. The molecule has 4 N–H and O–H groups in total. The molecule has 0 aliphatic rings. The molecule has 0 spiro atoms. The first kappa shape index (κ1) is 11.3. The summed E-state index contributed by atoms with van der Waals surface area (Å²) in [5, 5.41) is 10.2. The van der Waals surface area contributed by atoms with Crippen LogP contribution >= 0.6 is 23.1 Å². The Balaban J connectivity index is 2.36. The van der Waals surface area contributed by atoms with Gasteiger partial charge in [0.05, 0.1) is 11.8 Å². The number of nitrogens with two attached hydrogens (primary N) is 1. The lowest BCUT2D eigenvalue weighted by atomic mass is 10.4. The highest BCUT2D eigenvalue weighted by Gasteiger charge is 2.12. The molecule has 0 saturated carbocycles. The minimum Gasteiger partial charge on any atom is -0.369 e. The van der Waals surface area contributed by atoms with Crippen molar-refractivity contribution in [3.8, 4) is 0 Å². The maximum Gasteiger partial charge on any atom is 0.201 e. The standard InChI is InChI=1S/C7H12N5S2/c1-13-5(4-11-12-7(8)9)6-10-2-3-14-6/h2-3,5H,4H2,1H3,(H4,8,9,12). The van der Waals surface area contributed by atoms with E-state index in [0.29, 0.717) is 6.54 Å². The van der Waals surface area contributed by atoms with E-state index in [1.165, 1.54) is 0 Å². The Morgan fingerprint density at radius 3 is 3.21 bits per heavy atom. The van der Waals surface area contributed by atoms with Crippen molar-refractivity contribution in [1.82, 2.24) is 15.8 Å². The number of nitrogens with zero attached hydrogens (tertiary/aromatic N) is 2. The van der Waals surface area contributed by atoms with Crippen molar-refractivity contribution in [2.75, 3.05) is 12.8 Å². The van der Waals surface area contributed by atoms with Gasteiger partial charge in [0.25, 0.3) is 0 Å². The van der Waals surface area contributed by atoms with E-state index < -0.39 is 0 Å². The van der Waals surface area contributed by atoms with Gasteiger partial charge in [0.2, 0.25) is 5.96 Å². The van der Waals surface area contributed by atoms with Gasteiger partial charge in [-0.15, -0.1) is 16.8 Å². The van der Waals surface area contributed by atoms with Crippen molar-refractivity contribution < 1.29 is 0 Å². The number of guanidine groups is 1. The first-order valence-corrected chi connectivity index (χ1v) is 6.09. The summed E-state index contributed by atoms with van der Waals surface area (Å²) in [6.07, 6.45) is 3.79. The Labute approximate surface area is 91.0 Å². The number of hydrogen-bond donors (Lipinski definition) is 3. The molecule has 1 atom stereocenters. The minimum absolute atomic E-state index is 0.135. The minimum atomic E-state index is -0.135. The second kappa shape index (κ2) is 5.84. The Morgan fingerprint density at radius 1 is 1.93 bits per heavy atom. The number of hydrogen-bond acceptors (Lipinski definition) is 4. The van der Waals surface area contributed by atoms with Gasteiger partial charge in [0.1, 0.15) is 5.01 Å². The highest BCUT2D eigenvalue weighted by molar-refractivity contribution is 7.99. The molecule has 1 unspecified atom stereocenters. The topological polar surface area (TPSA) is 88.9 Å². The molecule has 1 aromatic heterocycles. The normalized spacial score (nSPS) is 12.4. The van der Waals surface area contributed by atoms with E-state index >= 15 is 0 Å². The van der Waals surface area contributed by atoms with Gasteiger partial charge in [0, 0.05) is 11.6 Å². The first-order chi connectivity index (χ1) is 6.74. The van der Waals surface area contributed by atoms with E-state index in [9.17, 15) is 0 Å². The molecule has 5 nitrogen and oxygen atoms in total. The van der Waals surface area contributed by atoms with Crippen LogP contribution in [0.3, 0.4) is 0 Å². The number of thioether (sulfide) groups is 1. The van der Waals surface area contributed by atoms with Crippen LogP contribution < -0.4 is 16.6 Å². The summed E-state index contributed by atoms with van der Waals surface area (Å²) in [6.45, 7) is 0.564. The molecule has 7 heteroatoms. The second-order valence-electron chi connectivity index (χ2n) is 2.46.